The van der Waals surface area contributed by atoms with Crippen molar-refractivity contribution in [3.8, 4) is 0 Å². The van der Waals surface area contributed by atoms with Crippen LogP contribution in [-0.4, -0.2) is 16.1 Å². The van der Waals surface area contributed by atoms with Crippen molar-refractivity contribution in [1.82, 2.24) is 4.98 Å². The second-order valence-electron chi connectivity index (χ2n) is 2.29. The molecule has 0 unspecified atom stereocenters. The van der Waals surface area contributed by atoms with Crippen LogP contribution in [0.25, 0.3) is 0 Å². The van der Waals surface area contributed by atoms with Crippen LogP contribution in [0.2, 0.25) is 0 Å². The number of hydrogen-bond acceptors (Lipinski definition) is 2. The smallest absolute Gasteiger partial charge is 0.339 e. The van der Waals surface area contributed by atoms with Gasteiger partial charge in [0.2, 0.25) is 0 Å². The average molecular weight is 317 g/mol. The molecule has 3 nitrogen and oxygen atoms in total. The van der Waals surface area contributed by atoms with Gasteiger partial charge in [0.25, 0.3) is 6.43 Å². The van der Waals surface area contributed by atoms with Crippen molar-refractivity contribution < 1.29 is 23.1 Å². The van der Waals surface area contributed by atoms with Crippen molar-refractivity contribution in [3.05, 3.63) is 26.8 Å². The van der Waals surface area contributed by atoms with Gasteiger partial charge >= 0.3 is 5.97 Å². The number of rotatable bonds is 2. The zero-order chi connectivity index (χ0) is 10.9. The number of alkyl halides is 2. The van der Waals surface area contributed by atoms with Gasteiger partial charge in [-0.25, -0.2) is 18.0 Å². The van der Waals surface area contributed by atoms with Crippen molar-refractivity contribution in [3.63, 3.8) is 0 Å². The lowest BCUT2D eigenvalue weighted by molar-refractivity contribution is 0.0688. The van der Waals surface area contributed by atoms with Gasteiger partial charge < -0.3 is 5.11 Å². The van der Waals surface area contributed by atoms with Crippen LogP contribution in [0.1, 0.15) is 22.5 Å². The van der Waals surface area contributed by atoms with Gasteiger partial charge in [0, 0.05) is 9.77 Å². The van der Waals surface area contributed by atoms with Crippen molar-refractivity contribution in [2.75, 3.05) is 0 Å². The molecule has 1 rings (SSSR count). The molecule has 0 atom stereocenters. The summed E-state index contributed by atoms with van der Waals surface area (Å²) in [5.41, 5.74) is -1.90. The van der Waals surface area contributed by atoms with Gasteiger partial charge in [0.05, 0.1) is 0 Å². The van der Waals surface area contributed by atoms with Crippen LogP contribution in [0, 0.1) is 9.39 Å². The van der Waals surface area contributed by atoms with Crippen LogP contribution in [0.4, 0.5) is 13.2 Å². The zero-order valence-corrected chi connectivity index (χ0v) is 8.63. The summed E-state index contributed by atoms with van der Waals surface area (Å²) in [5, 5.41) is 8.54. The fourth-order valence-electron chi connectivity index (χ4n) is 0.829. The summed E-state index contributed by atoms with van der Waals surface area (Å²) in [6.07, 6.45) is -2.22. The maximum atomic E-state index is 13.1. The van der Waals surface area contributed by atoms with E-state index in [9.17, 15) is 18.0 Å². The molecule has 0 aliphatic carbocycles. The lowest BCUT2D eigenvalue weighted by Crippen LogP contribution is -2.09. The highest BCUT2D eigenvalue weighted by molar-refractivity contribution is 14.1. The van der Waals surface area contributed by atoms with Crippen LogP contribution in [-0.2, 0) is 0 Å². The number of carboxylic acids is 1. The maximum absolute atomic E-state index is 13.1. The molecular weight excluding hydrogens is 314 g/mol. The Kier molecular flexibility index (Phi) is 3.29. The van der Waals surface area contributed by atoms with E-state index in [4.69, 9.17) is 5.11 Å². The summed E-state index contributed by atoms with van der Waals surface area (Å²) in [6, 6.07) is 0. The summed E-state index contributed by atoms with van der Waals surface area (Å²) in [7, 11) is 0. The van der Waals surface area contributed by atoms with Crippen molar-refractivity contribution in [1.29, 1.82) is 0 Å². The maximum Gasteiger partial charge on any atom is 0.339 e. The predicted octanol–water partition coefficient (Wildman–Crippen LogP) is 2.46. The van der Waals surface area contributed by atoms with E-state index >= 15 is 0 Å². The molecule has 0 saturated carbocycles. The fraction of sp³-hybridized carbons (Fsp3) is 0.143. The predicted molar refractivity (Wildman–Crippen MR) is 48.8 cm³/mol. The number of carboxylic acid groups (broad SMARTS) is 1. The van der Waals surface area contributed by atoms with Crippen molar-refractivity contribution in [2.45, 2.75) is 6.43 Å². The SMILES string of the molecule is O=C(O)c1c(I)cnc(C(F)F)c1F. The number of hydrogen-bond donors (Lipinski definition) is 1. The summed E-state index contributed by atoms with van der Waals surface area (Å²) in [5.74, 6) is -3.06. The summed E-state index contributed by atoms with van der Waals surface area (Å²) >= 11 is 1.51. The standard InChI is InChI=1S/C7H3F3INO2/c8-4-3(7(13)14)2(11)1-12-5(4)6(9)10/h1,6H,(H,13,14). The van der Waals surface area contributed by atoms with Crippen LogP contribution >= 0.6 is 22.6 Å². The molecule has 0 fully saturated rings. The first-order chi connectivity index (χ1) is 6.45. The lowest BCUT2D eigenvalue weighted by atomic mass is 10.2. The second-order valence-corrected chi connectivity index (χ2v) is 3.45. The molecule has 0 aliphatic heterocycles. The van der Waals surface area contributed by atoms with E-state index in [1.807, 2.05) is 0 Å². The van der Waals surface area contributed by atoms with Gasteiger partial charge in [-0.15, -0.1) is 0 Å². The number of pyridine rings is 1. The Morgan fingerprint density at radius 1 is 1.57 bits per heavy atom. The third-order valence-corrected chi connectivity index (χ3v) is 2.24. The van der Waals surface area contributed by atoms with Gasteiger partial charge in [0.1, 0.15) is 11.3 Å². The van der Waals surface area contributed by atoms with E-state index in [1.165, 1.54) is 22.6 Å². The first kappa shape index (κ1) is 11.2. The summed E-state index contributed by atoms with van der Waals surface area (Å²) in [6.45, 7) is 0. The van der Waals surface area contributed by atoms with Crippen LogP contribution < -0.4 is 0 Å². The number of halogens is 4. The third-order valence-electron chi connectivity index (χ3n) is 1.42. The van der Waals surface area contributed by atoms with E-state index in [2.05, 4.69) is 4.98 Å². The molecule has 0 amide bonds. The normalized spacial score (nSPS) is 10.6. The first-order valence-corrected chi connectivity index (χ1v) is 4.38. The highest BCUT2D eigenvalue weighted by Crippen LogP contribution is 2.24. The number of aromatic nitrogens is 1. The number of carbonyl (C=O) groups is 1. The second kappa shape index (κ2) is 4.11. The van der Waals surface area contributed by atoms with Gasteiger partial charge in [-0.2, -0.15) is 0 Å². The molecule has 1 heterocycles. The zero-order valence-electron chi connectivity index (χ0n) is 6.47. The molecule has 76 valence electrons. The van der Waals surface area contributed by atoms with E-state index in [0.29, 0.717) is 0 Å². The highest BCUT2D eigenvalue weighted by atomic mass is 127. The van der Waals surface area contributed by atoms with Crippen molar-refractivity contribution in [2.24, 2.45) is 0 Å². The van der Waals surface area contributed by atoms with E-state index in [1.54, 1.807) is 0 Å². The minimum atomic E-state index is -3.12. The molecular formula is C7H3F3INO2. The van der Waals surface area contributed by atoms with Crippen LogP contribution in [0.15, 0.2) is 6.20 Å². The number of aromatic carboxylic acids is 1. The Labute approximate surface area is 90.1 Å². The quantitative estimate of drug-likeness (QED) is 0.853. The van der Waals surface area contributed by atoms with Gasteiger partial charge in [-0.3, -0.25) is 4.98 Å². The molecule has 1 N–H and O–H groups in total. The Balaban J connectivity index is 3.41. The molecule has 1 aromatic rings. The Morgan fingerprint density at radius 2 is 2.14 bits per heavy atom. The summed E-state index contributed by atoms with van der Waals surface area (Å²) < 4.78 is 37.3. The average Bonchev–Trinajstić information content (AvgIpc) is 2.02. The molecule has 0 spiro atoms. The monoisotopic (exact) mass is 317 g/mol. The topological polar surface area (TPSA) is 50.2 Å². The molecule has 0 radical (unpaired) electrons. The molecule has 1 aromatic heterocycles. The number of nitrogens with zero attached hydrogens (tertiary/aromatic N) is 1. The molecule has 0 bridgehead atoms. The molecule has 14 heavy (non-hydrogen) atoms. The molecule has 7 heteroatoms. The van der Waals surface area contributed by atoms with E-state index in [0.717, 1.165) is 6.20 Å². The van der Waals surface area contributed by atoms with Crippen molar-refractivity contribution >= 4 is 28.6 Å². The Morgan fingerprint density at radius 3 is 2.57 bits per heavy atom. The minimum Gasteiger partial charge on any atom is -0.478 e. The molecule has 0 aliphatic rings. The molecule has 0 saturated heterocycles. The minimum absolute atomic E-state index is 0.0167. The highest BCUT2D eigenvalue weighted by Gasteiger charge is 2.23. The Bertz CT molecular complexity index is 383. The summed E-state index contributed by atoms with van der Waals surface area (Å²) in [4.78, 5) is 13.6. The first-order valence-electron chi connectivity index (χ1n) is 3.30. The third kappa shape index (κ3) is 1.97. The van der Waals surface area contributed by atoms with E-state index < -0.39 is 29.5 Å². The fourth-order valence-corrected chi connectivity index (χ4v) is 1.44. The lowest BCUT2D eigenvalue weighted by Gasteiger charge is -2.05. The van der Waals surface area contributed by atoms with Gasteiger partial charge in [0.15, 0.2) is 5.82 Å². The van der Waals surface area contributed by atoms with Crippen LogP contribution in [0.5, 0.6) is 0 Å². The van der Waals surface area contributed by atoms with Gasteiger partial charge in [-0.05, 0) is 22.6 Å². The van der Waals surface area contributed by atoms with Crippen LogP contribution in [0.3, 0.4) is 0 Å². The Hall–Kier alpha value is -0.860. The largest absolute Gasteiger partial charge is 0.478 e. The van der Waals surface area contributed by atoms with E-state index in [-0.39, 0.29) is 3.57 Å². The van der Waals surface area contributed by atoms with Gasteiger partial charge in [-0.1, -0.05) is 0 Å². The molecule has 0 aromatic carbocycles.